The van der Waals surface area contributed by atoms with Crippen molar-refractivity contribution in [1.82, 2.24) is 0 Å². The fourth-order valence-electron chi connectivity index (χ4n) is 4.37. The van der Waals surface area contributed by atoms with Crippen molar-refractivity contribution < 1.29 is 19.4 Å². The molecule has 2 fully saturated rings. The van der Waals surface area contributed by atoms with Crippen molar-refractivity contribution in [3.8, 4) is 0 Å². The summed E-state index contributed by atoms with van der Waals surface area (Å²) >= 11 is 1.50. The SMILES string of the molecule is O=C1[C@@H]2[C@H](C(=O)N1c1ccc([N+](=O)[O-])cc1)[C@@H]1S[C@H]2c2ccc([N+](=O)[O-])cc21. The highest BCUT2D eigenvalue weighted by molar-refractivity contribution is 8.00. The molecule has 0 spiro atoms. The van der Waals surface area contributed by atoms with Gasteiger partial charge in [-0.25, -0.2) is 4.90 Å². The average molecular weight is 397 g/mol. The molecule has 2 saturated heterocycles. The van der Waals surface area contributed by atoms with Crippen LogP contribution in [0.1, 0.15) is 21.6 Å². The Balaban J connectivity index is 1.53. The van der Waals surface area contributed by atoms with Crippen LogP contribution in [0, 0.1) is 32.1 Å². The van der Waals surface area contributed by atoms with Crippen LogP contribution in [0.3, 0.4) is 0 Å². The third kappa shape index (κ3) is 2.09. The number of nitro groups is 2. The molecule has 3 heterocycles. The standard InChI is InChI=1S/C18H11N3O6S/c22-17-13-14(18(23)19(17)8-1-3-9(4-2-8)20(24)25)16-12-7-10(21(26)27)5-6-11(12)15(13)28-16/h1-7,13-16H/t13-,14+,15+,16-/m1/s1. The highest BCUT2D eigenvalue weighted by Crippen LogP contribution is 2.69. The minimum absolute atomic E-state index is 0.0348. The van der Waals surface area contributed by atoms with Gasteiger partial charge in [-0.2, -0.15) is 0 Å². The van der Waals surface area contributed by atoms with Gasteiger partial charge in [-0.1, -0.05) is 6.07 Å². The Morgan fingerprint density at radius 2 is 1.32 bits per heavy atom. The number of carbonyl (C=O) groups is 2. The maximum absolute atomic E-state index is 13.1. The number of amides is 2. The maximum atomic E-state index is 13.1. The topological polar surface area (TPSA) is 124 Å². The summed E-state index contributed by atoms with van der Waals surface area (Å²) in [5, 5.41) is 21.4. The van der Waals surface area contributed by atoms with Crippen molar-refractivity contribution in [2.75, 3.05) is 4.90 Å². The molecule has 3 aliphatic heterocycles. The van der Waals surface area contributed by atoms with Gasteiger partial charge < -0.3 is 0 Å². The summed E-state index contributed by atoms with van der Waals surface area (Å²) in [4.78, 5) is 48.1. The number of hydrogen-bond acceptors (Lipinski definition) is 7. The van der Waals surface area contributed by atoms with E-state index in [0.717, 1.165) is 16.0 Å². The lowest BCUT2D eigenvalue weighted by atomic mass is 9.77. The van der Waals surface area contributed by atoms with Crippen molar-refractivity contribution in [1.29, 1.82) is 0 Å². The Bertz CT molecular complexity index is 1090. The third-order valence-electron chi connectivity index (χ3n) is 5.56. The monoisotopic (exact) mass is 397 g/mol. The fourth-order valence-corrected chi connectivity index (χ4v) is 6.31. The number of rotatable bonds is 3. The molecule has 0 N–H and O–H groups in total. The summed E-state index contributed by atoms with van der Waals surface area (Å²) in [6.07, 6.45) is 0. The molecule has 2 aromatic carbocycles. The van der Waals surface area contributed by atoms with Crippen molar-refractivity contribution in [3.63, 3.8) is 0 Å². The van der Waals surface area contributed by atoms with Crippen LogP contribution in [0.15, 0.2) is 42.5 Å². The van der Waals surface area contributed by atoms with Crippen LogP contribution in [0.25, 0.3) is 0 Å². The molecule has 10 heteroatoms. The van der Waals surface area contributed by atoms with Gasteiger partial charge in [-0.05, 0) is 23.3 Å². The molecule has 0 radical (unpaired) electrons. The molecule has 9 nitrogen and oxygen atoms in total. The van der Waals surface area contributed by atoms with Gasteiger partial charge >= 0.3 is 0 Å². The van der Waals surface area contributed by atoms with Gasteiger partial charge in [0.25, 0.3) is 11.4 Å². The van der Waals surface area contributed by atoms with E-state index in [9.17, 15) is 29.8 Å². The third-order valence-corrected chi connectivity index (χ3v) is 7.24. The van der Waals surface area contributed by atoms with Crippen LogP contribution in [-0.2, 0) is 9.59 Å². The van der Waals surface area contributed by atoms with E-state index < -0.39 is 21.7 Å². The number of hydrogen-bond donors (Lipinski definition) is 0. The number of non-ortho nitro benzene ring substituents is 2. The molecule has 0 aliphatic carbocycles. The molecular weight excluding hydrogens is 386 g/mol. The lowest BCUT2D eigenvalue weighted by Gasteiger charge is -2.21. The zero-order valence-electron chi connectivity index (χ0n) is 14.1. The highest BCUT2D eigenvalue weighted by atomic mass is 32.2. The summed E-state index contributed by atoms with van der Waals surface area (Å²) in [6, 6.07) is 9.88. The molecule has 2 bridgehead atoms. The summed E-state index contributed by atoms with van der Waals surface area (Å²) in [6.45, 7) is 0. The zero-order valence-corrected chi connectivity index (χ0v) is 14.9. The summed E-state index contributed by atoms with van der Waals surface area (Å²) in [5.41, 5.74) is 1.76. The van der Waals surface area contributed by atoms with Crippen molar-refractivity contribution in [2.45, 2.75) is 10.5 Å². The van der Waals surface area contributed by atoms with E-state index in [2.05, 4.69) is 0 Å². The average Bonchev–Trinajstić information content (AvgIpc) is 3.31. The van der Waals surface area contributed by atoms with Crippen LogP contribution >= 0.6 is 11.8 Å². The van der Waals surface area contributed by atoms with Crippen molar-refractivity contribution in [2.24, 2.45) is 11.8 Å². The Hall–Kier alpha value is -3.27. The quantitative estimate of drug-likeness (QED) is 0.443. The van der Waals surface area contributed by atoms with Gasteiger partial charge in [0.1, 0.15) is 0 Å². The molecule has 2 amide bonds. The van der Waals surface area contributed by atoms with Crippen LogP contribution in [0.2, 0.25) is 0 Å². The minimum Gasteiger partial charge on any atom is -0.274 e. The Kier molecular flexibility index (Phi) is 3.38. The first-order chi connectivity index (χ1) is 13.4. The Morgan fingerprint density at radius 3 is 1.89 bits per heavy atom. The number of anilines is 1. The lowest BCUT2D eigenvalue weighted by Crippen LogP contribution is -2.31. The van der Waals surface area contributed by atoms with E-state index in [1.807, 2.05) is 0 Å². The highest BCUT2D eigenvalue weighted by Gasteiger charge is 2.64. The second-order valence-electron chi connectivity index (χ2n) is 6.88. The van der Waals surface area contributed by atoms with Crippen LogP contribution in [-0.4, -0.2) is 21.7 Å². The molecule has 0 unspecified atom stereocenters. The van der Waals surface area contributed by atoms with Crippen LogP contribution in [0.5, 0.6) is 0 Å². The number of nitrogens with zero attached hydrogens (tertiary/aromatic N) is 3. The Morgan fingerprint density at radius 1 is 0.786 bits per heavy atom. The number of carbonyl (C=O) groups excluding carboxylic acids is 2. The molecule has 140 valence electrons. The summed E-state index contributed by atoms with van der Waals surface area (Å²) < 4.78 is 0. The van der Waals surface area contributed by atoms with Gasteiger partial charge in [0.2, 0.25) is 11.8 Å². The van der Waals surface area contributed by atoms with Gasteiger partial charge in [0.15, 0.2) is 0 Å². The number of benzene rings is 2. The first-order valence-corrected chi connectivity index (χ1v) is 9.38. The van der Waals surface area contributed by atoms with E-state index in [1.54, 1.807) is 6.07 Å². The van der Waals surface area contributed by atoms with E-state index in [1.165, 1.54) is 48.2 Å². The van der Waals surface area contributed by atoms with Gasteiger partial charge in [0, 0.05) is 34.8 Å². The van der Waals surface area contributed by atoms with Crippen molar-refractivity contribution in [3.05, 3.63) is 73.8 Å². The molecule has 2 aromatic rings. The van der Waals surface area contributed by atoms with E-state index in [-0.39, 0.29) is 33.7 Å². The minimum atomic E-state index is -0.577. The molecule has 0 saturated carbocycles. The number of thioether (sulfide) groups is 1. The fraction of sp³-hybridized carbons (Fsp3) is 0.222. The Labute approximate surface area is 161 Å². The predicted octanol–water partition coefficient (Wildman–Crippen LogP) is 3.15. The first kappa shape index (κ1) is 16.9. The lowest BCUT2D eigenvalue weighted by molar-refractivity contribution is -0.385. The van der Waals surface area contributed by atoms with Crippen LogP contribution in [0.4, 0.5) is 17.1 Å². The number of nitro benzene ring substituents is 2. The van der Waals surface area contributed by atoms with E-state index in [0.29, 0.717) is 5.69 Å². The maximum Gasteiger partial charge on any atom is 0.269 e. The van der Waals surface area contributed by atoms with Crippen LogP contribution < -0.4 is 4.90 Å². The van der Waals surface area contributed by atoms with E-state index >= 15 is 0 Å². The molecule has 3 aliphatic rings. The first-order valence-electron chi connectivity index (χ1n) is 8.44. The summed E-state index contributed by atoms with van der Waals surface area (Å²) in [5.74, 6) is -1.78. The number of fused-ring (bicyclic) bond motifs is 8. The predicted molar refractivity (Wildman–Crippen MR) is 98.7 cm³/mol. The second kappa shape index (κ2) is 5.61. The second-order valence-corrected chi connectivity index (χ2v) is 8.17. The zero-order chi connectivity index (χ0) is 19.7. The largest absolute Gasteiger partial charge is 0.274 e. The summed E-state index contributed by atoms with van der Waals surface area (Å²) in [7, 11) is 0. The van der Waals surface area contributed by atoms with Gasteiger partial charge in [-0.15, -0.1) is 11.8 Å². The van der Waals surface area contributed by atoms with Crippen molar-refractivity contribution >= 4 is 40.6 Å². The molecule has 28 heavy (non-hydrogen) atoms. The van der Waals surface area contributed by atoms with E-state index in [4.69, 9.17) is 0 Å². The van der Waals surface area contributed by atoms with Gasteiger partial charge in [-0.3, -0.25) is 29.8 Å². The van der Waals surface area contributed by atoms with Gasteiger partial charge in [0.05, 0.1) is 27.4 Å². The molecule has 0 aromatic heterocycles. The normalized spacial score (nSPS) is 27.1. The molecule has 5 rings (SSSR count). The smallest absolute Gasteiger partial charge is 0.269 e. The molecule has 4 atom stereocenters. The number of imide groups is 1. The molecular formula is C18H11N3O6S.